The predicted molar refractivity (Wildman–Crippen MR) is 192 cm³/mol. The molecule has 0 aliphatic rings. The minimum absolute atomic E-state index is 0.809. The van der Waals surface area contributed by atoms with Crippen LogP contribution in [0.4, 0.5) is 0 Å². The Balaban J connectivity index is 1.19. The maximum Gasteiger partial charge on any atom is 0.143 e. The van der Waals surface area contributed by atoms with Crippen LogP contribution in [-0.2, 0) is 0 Å². The summed E-state index contributed by atoms with van der Waals surface area (Å²) in [6.07, 6.45) is 3.59. The lowest BCUT2D eigenvalue weighted by atomic mass is 9.93. The Kier molecular flexibility index (Phi) is 6.43. The van der Waals surface area contributed by atoms with Gasteiger partial charge in [-0.25, -0.2) is 4.98 Å². The van der Waals surface area contributed by atoms with E-state index in [0.717, 1.165) is 72.4 Å². The van der Waals surface area contributed by atoms with Crippen molar-refractivity contribution in [3.8, 4) is 56.2 Å². The monoisotopic (exact) mass is 601 g/mol. The number of benzene rings is 5. The second-order valence-corrected chi connectivity index (χ2v) is 11.6. The van der Waals surface area contributed by atoms with E-state index in [1.807, 2.05) is 36.4 Å². The summed E-state index contributed by atoms with van der Waals surface area (Å²) < 4.78 is 6.60. The largest absolute Gasteiger partial charge is 0.455 e. The fourth-order valence-corrected chi connectivity index (χ4v) is 6.58. The van der Waals surface area contributed by atoms with Gasteiger partial charge in [0, 0.05) is 28.6 Å². The molecule has 0 spiro atoms. The minimum Gasteiger partial charge on any atom is -0.455 e. The Morgan fingerprint density at radius 2 is 1.00 bits per heavy atom. The van der Waals surface area contributed by atoms with E-state index in [4.69, 9.17) is 9.40 Å². The summed E-state index contributed by atoms with van der Waals surface area (Å²) in [4.78, 5) is 14.1. The maximum atomic E-state index is 6.60. The van der Waals surface area contributed by atoms with Crippen molar-refractivity contribution in [2.75, 3.05) is 0 Å². The van der Waals surface area contributed by atoms with Gasteiger partial charge in [-0.2, -0.15) is 0 Å². The molecule has 4 heterocycles. The first kappa shape index (κ1) is 27.0. The van der Waals surface area contributed by atoms with Gasteiger partial charge in [-0.05, 0) is 87.3 Å². The van der Waals surface area contributed by atoms with Crippen LogP contribution in [0.15, 0.2) is 168 Å². The molecule has 47 heavy (non-hydrogen) atoms. The normalized spacial score (nSPS) is 11.4. The van der Waals surface area contributed by atoms with Crippen LogP contribution in [0.5, 0.6) is 0 Å². The van der Waals surface area contributed by atoms with Gasteiger partial charge in [0.25, 0.3) is 0 Å². The molecule has 5 aromatic carbocycles. The third kappa shape index (κ3) is 4.75. The van der Waals surface area contributed by atoms with Crippen molar-refractivity contribution in [1.29, 1.82) is 0 Å². The Morgan fingerprint density at radius 1 is 0.383 bits per heavy atom. The standard InChI is InChI=1S/C43H27N3O/c1-2-11-29(12-3-1)35-27-36-42-32(15-10-18-41(42)47-43(36)34-14-5-4-13-33(34)35)30-21-19-28(20-22-30)31-25-39(37-16-6-8-23-44-37)46-40(26-31)38-17-7-9-24-45-38/h1-27H. The zero-order valence-corrected chi connectivity index (χ0v) is 25.3. The number of hydrogen-bond acceptors (Lipinski definition) is 4. The van der Waals surface area contributed by atoms with Crippen molar-refractivity contribution < 1.29 is 4.42 Å². The summed E-state index contributed by atoms with van der Waals surface area (Å²) in [7, 11) is 0. The Bertz CT molecular complexity index is 2480. The van der Waals surface area contributed by atoms with E-state index >= 15 is 0 Å². The van der Waals surface area contributed by atoms with Gasteiger partial charge in [0.15, 0.2) is 0 Å². The zero-order chi connectivity index (χ0) is 31.2. The van der Waals surface area contributed by atoms with Gasteiger partial charge in [0.2, 0.25) is 0 Å². The summed E-state index contributed by atoms with van der Waals surface area (Å²) >= 11 is 0. The fraction of sp³-hybridized carbons (Fsp3) is 0. The molecule has 0 fully saturated rings. The van der Waals surface area contributed by atoms with Crippen molar-refractivity contribution in [2.24, 2.45) is 0 Å². The highest BCUT2D eigenvalue weighted by Crippen LogP contribution is 2.43. The van der Waals surface area contributed by atoms with E-state index in [2.05, 4.69) is 125 Å². The second-order valence-electron chi connectivity index (χ2n) is 11.6. The third-order valence-electron chi connectivity index (χ3n) is 8.80. The summed E-state index contributed by atoms with van der Waals surface area (Å²) in [5.74, 6) is 0. The fourth-order valence-electron chi connectivity index (χ4n) is 6.58. The quantitative estimate of drug-likeness (QED) is 0.197. The van der Waals surface area contributed by atoms with E-state index in [0.29, 0.717) is 0 Å². The highest BCUT2D eigenvalue weighted by Gasteiger charge is 2.18. The Morgan fingerprint density at radius 3 is 1.68 bits per heavy atom. The molecule has 9 rings (SSSR count). The molecule has 4 aromatic heterocycles. The molecular formula is C43H27N3O. The molecule has 0 saturated carbocycles. The molecule has 9 aromatic rings. The molecule has 0 radical (unpaired) electrons. The lowest BCUT2D eigenvalue weighted by Gasteiger charge is -2.11. The Hall–Kier alpha value is -6.39. The van der Waals surface area contributed by atoms with Crippen LogP contribution < -0.4 is 0 Å². The van der Waals surface area contributed by atoms with Crippen LogP contribution in [0.1, 0.15) is 0 Å². The number of nitrogens with zero attached hydrogens (tertiary/aromatic N) is 3. The van der Waals surface area contributed by atoms with E-state index < -0.39 is 0 Å². The Labute approximate surface area is 271 Å². The number of pyridine rings is 3. The van der Waals surface area contributed by atoms with Crippen molar-refractivity contribution in [3.05, 3.63) is 164 Å². The van der Waals surface area contributed by atoms with Gasteiger partial charge >= 0.3 is 0 Å². The van der Waals surface area contributed by atoms with Gasteiger partial charge < -0.3 is 4.42 Å². The number of rotatable bonds is 5. The predicted octanol–water partition coefficient (Wildman–Crippen LogP) is 11.3. The van der Waals surface area contributed by atoms with E-state index in [1.54, 1.807) is 12.4 Å². The van der Waals surface area contributed by atoms with Gasteiger partial charge in [-0.1, -0.05) is 103 Å². The van der Waals surface area contributed by atoms with Crippen molar-refractivity contribution in [1.82, 2.24) is 15.0 Å². The molecule has 0 N–H and O–H groups in total. The van der Waals surface area contributed by atoms with Crippen LogP contribution in [0, 0.1) is 0 Å². The molecule has 0 atom stereocenters. The van der Waals surface area contributed by atoms with Crippen LogP contribution >= 0.6 is 0 Å². The van der Waals surface area contributed by atoms with Gasteiger partial charge in [-0.3, -0.25) is 9.97 Å². The van der Waals surface area contributed by atoms with Crippen molar-refractivity contribution in [3.63, 3.8) is 0 Å². The minimum atomic E-state index is 0.809. The number of aromatic nitrogens is 3. The molecule has 220 valence electrons. The lowest BCUT2D eigenvalue weighted by Crippen LogP contribution is -1.94. The molecule has 0 aliphatic heterocycles. The van der Waals surface area contributed by atoms with Gasteiger partial charge in [0.05, 0.1) is 22.8 Å². The first-order valence-electron chi connectivity index (χ1n) is 15.7. The zero-order valence-electron chi connectivity index (χ0n) is 25.3. The summed E-state index contributed by atoms with van der Waals surface area (Å²) in [6, 6.07) is 52.5. The molecule has 0 unspecified atom stereocenters. The molecule has 0 saturated heterocycles. The highest BCUT2D eigenvalue weighted by molar-refractivity contribution is 6.22. The lowest BCUT2D eigenvalue weighted by molar-refractivity contribution is 0.673. The number of hydrogen-bond donors (Lipinski definition) is 0. The van der Waals surface area contributed by atoms with Crippen LogP contribution in [0.2, 0.25) is 0 Å². The first-order valence-corrected chi connectivity index (χ1v) is 15.7. The SMILES string of the molecule is c1ccc(-c2cc3c(oc4cccc(-c5ccc(-c6cc(-c7ccccn7)nc(-c7ccccn7)c6)cc5)c43)c3ccccc23)cc1. The summed E-state index contributed by atoms with van der Waals surface area (Å²) in [5.41, 5.74) is 11.9. The van der Waals surface area contributed by atoms with Crippen LogP contribution in [-0.4, -0.2) is 15.0 Å². The first-order chi connectivity index (χ1) is 23.3. The van der Waals surface area contributed by atoms with Gasteiger partial charge in [-0.15, -0.1) is 0 Å². The van der Waals surface area contributed by atoms with Crippen molar-refractivity contribution >= 4 is 32.7 Å². The van der Waals surface area contributed by atoms with Gasteiger partial charge in [0.1, 0.15) is 11.2 Å². The molecular weight excluding hydrogens is 574 g/mol. The molecule has 4 nitrogen and oxygen atoms in total. The average molecular weight is 602 g/mol. The average Bonchev–Trinajstić information content (AvgIpc) is 3.55. The number of fused-ring (bicyclic) bond motifs is 5. The van der Waals surface area contributed by atoms with Crippen LogP contribution in [0.3, 0.4) is 0 Å². The summed E-state index contributed by atoms with van der Waals surface area (Å²) in [5, 5.41) is 4.54. The van der Waals surface area contributed by atoms with E-state index in [1.165, 1.54) is 16.5 Å². The van der Waals surface area contributed by atoms with Crippen molar-refractivity contribution in [2.45, 2.75) is 0 Å². The molecule has 0 bridgehead atoms. The molecule has 0 aliphatic carbocycles. The van der Waals surface area contributed by atoms with Crippen LogP contribution in [0.25, 0.3) is 88.9 Å². The highest BCUT2D eigenvalue weighted by atomic mass is 16.3. The maximum absolute atomic E-state index is 6.60. The van der Waals surface area contributed by atoms with E-state index in [-0.39, 0.29) is 0 Å². The molecule has 4 heteroatoms. The van der Waals surface area contributed by atoms with E-state index in [9.17, 15) is 0 Å². The number of furan rings is 1. The summed E-state index contributed by atoms with van der Waals surface area (Å²) in [6.45, 7) is 0. The molecule has 0 amide bonds. The smallest absolute Gasteiger partial charge is 0.143 e. The third-order valence-corrected chi connectivity index (χ3v) is 8.80. The second kappa shape index (κ2) is 11.2. The topological polar surface area (TPSA) is 51.8 Å².